The highest BCUT2D eigenvalue weighted by Crippen LogP contribution is 2.09. The van der Waals surface area contributed by atoms with Crippen LogP contribution >= 0.6 is 15.9 Å². The zero-order valence-corrected chi connectivity index (χ0v) is 9.14. The molecule has 0 spiro atoms. The number of carbonyl (C=O) groups is 1. The Kier molecular flexibility index (Phi) is 5.72. The van der Waals surface area contributed by atoms with Gasteiger partial charge in [0.25, 0.3) is 0 Å². The van der Waals surface area contributed by atoms with Gasteiger partial charge >= 0.3 is 5.97 Å². The second-order valence-corrected chi connectivity index (χ2v) is 2.83. The number of carbonyl (C=O) groups excluding carboxylic acids is 1. The zero-order chi connectivity index (χ0) is 9.56. The van der Waals surface area contributed by atoms with Crippen molar-refractivity contribution in [1.29, 1.82) is 0 Å². The van der Waals surface area contributed by atoms with Crippen molar-refractivity contribution in [3.05, 3.63) is 22.2 Å². The third-order valence-corrected chi connectivity index (χ3v) is 2.09. The van der Waals surface area contributed by atoms with E-state index in [-0.39, 0.29) is 5.97 Å². The predicted molar refractivity (Wildman–Crippen MR) is 53.1 cm³/mol. The molecule has 0 aliphatic rings. The summed E-state index contributed by atoms with van der Waals surface area (Å²) in [5, 5.41) is 0. The van der Waals surface area contributed by atoms with Crippen LogP contribution < -0.4 is 0 Å². The van der Waals surface area contributed by atoms with Crippen molar-refractivity contribution in [2.24, 2.45) is 0 Å². The van der Waals surface area contributed by atoms with E-state index in [4.69, 9.17) is 4.74 Å². The maximum absolute atomic E-state index is 10.9. The van der Waals surface area contributed by atoms with Gasteiger partial charge in [0.15, 0.2) is 0 Å². The molecule has 0 radical (unpaired) electrons. The molecular formula is C9H13BrO2. The SMILES string of the molecule is CCOC(=O)/C=C(C)/C(C)=C/Br. The first kappa shape index (κ1) is 11.4. The van der Waals surface area contributed by atoms with Crippen molar-refractivity contribution in [3.8, 4) is 0 Å². The topological polar surface area (TPSA) is 26.3 Å². The van der Waals surface area contributed by atoms with Crippen LogP contribution in [0.4, 0.5) is 0 Å². The van der Waals surface area contributed by atoms with Gasteiger partial charge in [0.05, 0.1) is 6.61 Å². The van der Waals surface area contributed by atoms with E-state index < -0.39 is 0 Å². The lowest BCUT2D eigenvalue weighted by Gasteiger charge is -1.99. The fourth-order valence-electron chi connectivity index (χ4n) is 0.561. The molecular weight excluding hydrogens is 220 g/mol. The fourth-order valence-corrected chi connectivity index (χ4v) is 0.922. The van der Waals surface area contributed by atoms with Crippen LogP contribution in [0.25, 0.3) is 0 Å². The fraction of sp³-hybridized carbons (Fsp3) is 0.444. The van der Waals surface area contributed by atoms with Crippen LogP contribution in [0.15, 0.2) is 22.2 Å². The van der Waals surface area contributed by atoms with Crippen LogP contribution in [-0.2, 0) is 9.53 Å². The van der Waals surface area contributed by atoms with Crippen LogP contribution in [0.3, 0.4) is 0 Å². The molecule has 0 bridgehead atoms. The van der Waals surface area contributed by atoms with Gasteiger partial charge in [0.1, 0.15) is 0 Å². The van der Waals surface area contributed by atoms with Gasteiger partial charge in [-0.1, -0.05) is 15.9 Å². The molecule has 0 fully saturated rings. The van der Waals surface area contributed by atoms with Crippen LogP contribution in [0.2, 0.25) is 0 Å². The maximum Gasteiger partial charge on any atom is 0.331 e. The highest BCUT2D eigenvalue weighted by atomic mass is 79.9. The molecule has 0 aliphatic carbocycles. The third kappa shape index (κ3) is 4.34. The monoisotopic (exact) mass is 232 g/mol. The number of ether oxygens (including phenoxy) is 1. The van der Waals surface area contributed by atoms with E-state index in [1.54, 1.807) is 11.9 Å². The molecule has 0 aliphatic heterocycles. The maximum atomic E-state index is 10.9. The quantitative estimate of drug-likeness (QED) is 0.425. The second-order valence-electron chi connectivity index (χ2n) is 2.37. The average Bonchev–Trinajstić information content (AvgIpc) is 2.03. The Bertz CT molecular complexity index is 217. The Labute approximate surface area is 81.4 Å². The molecule has 3 heteroatoms. The summed E-state index contributed by atoms with van der Waals surface area (Å²) in [7, 11) is 0. The summed E-state index contributed by atoms with van der Waals surface area (Å²) >= 11 is 3.19. The van der Waals surface area contributed by atoms with Gasteiger partial charge in [-0.3, -0.25) is 0 Å². The second kappa shape index (κ2) is 6.00. The smallest absolute Gasteiger partial charge is 0.331 e. The minimum atomic E-state index is -0.288. The summed E-state index contributed by atoms with van der Waals surface area (Å²) < 4.78 is 4.75. The molecule has 0 aromatic heterocycles. The molecule has 0 saturated heterocycles. The van der Waals surface area contributed by atoms with E-state index in [1.165, 1.54) is 6.08 Å². The molecule has 0 saturated carbocycles. The van der Waals surface area contributed by atoms with Crippen molar-refractivity contribution in [3.63, 3.8) is 0 Å². The molecule has 0 aromatic rings. The highest BCUT2D eigenvalue weighted by Gasteiger charge is 1.98. The summed E-state index contributed by atoms with van der Waals surface area (Å²) in [4.78, 5) is 12.7. The molecule has 2 nitrogen and oxygen atoms in total. The van der Waals surface area contributed by atoms with Crippen molar-refractivity contribution in [1.82, 2.24) is 0 Å². The Hall–Kier alpha value is -0.570. The third-order valence-electron chi connectivity index (χ3n) is 1.41. The summed E-state index contributed by atoms with van der Waals surface area (Å²) in [5.41, 5.74) is 1.92. The molecule has 0 rings (SSSR count). The van der Waals surface area contributed by atoms with Crippen molar-refractivity contribution in [2.75, 3.05) is 6.61 Å². The summed E-state index contributed by atoms with van der Waals surface area (Å²) in [6, 6.07) is 0. The minimum absolute atomic E-state index is 0.288. The highest BCUT2D eigenvalue weighted by molar-refractivity contribution is 9.11. The van der Waals surface area contributed by atoms with E-state index in [1.807, 2.05) is 13.8 Å². The largest absolute Gasteiger partial charge is 0.463 e. The number of halogens is 1. The van der Waals surface area contributed by atoms with Crippen molar-refractivity contribution in [2.45, 2.75) is 20.8 Å². The lowest BCUT2D eigenvalue weighted by atomic mass is 10.1. The normalized spacial score (nSPS) is 13.0. The van der Waals surface area contributed by atoms with Gasteiger partial charge in [0.2, 0.25) is 0 Å². The van der Waals surface area contributed by atoms with Gasteiger partial charge in [-0.2, -0.15) is 0 Å². The van der Waals surface area contributed by atoms with Crippen LogP contribution in [0.5, 0.6) is 0 Å². The van der Waals surface area contributed by atoms with E-state index in [0.717, 1.165) is 11.1 Å². The van der Waals surface area contributed by atoms with Gasteiger partial charge in [-0.15, -0.1) is 0 Å². The molecule has 0 heterocycles. The van der Waals surface area contributed by atoms with Crippen LogP contribution in [0.1, 0.15) is 20.8 Å². The first-order chi connectivity index (χ1) is 5.61. The molecule has 0 aromatic carbocycles. The number of rotatable bonds is 3. The summed E-state index contributed by atoms with van der Waals surface area (Å²) in [6.45, 7) is 5.98. The molecule has 0 unspecified atom stereocenters. The number of esters is 1. The number of hydrogen-bond acceptors (Lipinski definition) is 2. The Morgan fingerprint density at radius 3 is 2.42 bits per heavy atom. The van der Waals surface area contributed by atoms with E-state index in [9.17, 15) is 4.79 Å². The summed E-state index contributed by atoms with van der Waals surface area (Å²) in [5.74, 6) is -0.288. The lowest BCUT2D eigenvalue weighted by molar-refractivity contribution is -0.137. The van der Waals surface area contributed by atoms with Crippen LogP contribution in [0, 0.1) is 0 Å². The van der Waals surface area contributed by atoms with Gasteiger partial charge in [-0.05, 0) is 36.9 Å². The van der Waals surface area contributed by atoms with E-state index in [2.05, 4.69) is 15.9 Å². The molecule has 68 valence electrons. The van der Waals surface area contributed by atoms with E-state index in [0.29, 0.717) is 6.61 Å². The van der Waals surface area contributed by atoms with Crippen LogP contribution in [-0.4, -0.2) is 12.6 Å². The number of hydrogen-bond donors (Lipinski definition) is 0. The predicted octanol–water partition coefficient (Wildman–Crippen LogP) is 2.79. The Morgan fingerprint density at radius 2 is 2.00 bits per heavy atom. The Morgan fingerprint density at radius 1 is 1.42 bits per heavy atom. The molecule has 0 amide bonds. The molecule has 0 N–H and O–H groups in total. The molecule has 12 heavy (non-hydrogen) atoms. The molecule has 0 atom stereocenters. The first-order valence-electron chi connectivity index (χ1n) is 3.74. The first-order valence-corrected chi connectivity index (χ1v) is 4.65. The lowest BCUT2D eigenvalue weighted by Crippen LogP contribution is -2.00. The average molecular weight is 233 g/mol. The van der Waals surface area contributed by atoms with E-state index >= 15 is 0 Å². The van der Waals surface area contributed by atoms with Gasteiger partial charge in [-0.25, -0.2) is 4.79 Å². The van der Waals surface area contributed by atoms with Gasteiger partial charge in [0, 0.05) is 6.08 Å². The van der Waals surface area contributed by atoms with Crippen molar-refractivity contribution >= 4 is 21.9 Å². The minimum Gasteiger partial charge on any atom is -0.463 e. The van der Waals surface area contributed by atoms with Crippen molar-refractivity contribution < 1.29 is 9.53 Å². The summed E-state index contributed by atoms with van der Waals surface area (Å²) in [6.07, 6.45) is 1.48. The standard InChI is InChI=1S/C9H13BrO2/c1-4-12-9(11)5-7(2)8(3)6-10/h5-6H,4H2,1-3H3/b7-5+,8-6+. The number of allylic oxidation sites excluding steroid dienone is 2. The zero-order valence-electron chi connectivity index (χ0n) is 7.56. The Balaban J connectivity index is 4.26. The van der Waals surface area contributed by atoms with Gasteiger partial charge < -0.3 is 4.74 Å².